The van der Waals surface area contributed by atoms with E-state index in [-0.39, 0.29) is 42.2 Å². The summed E-state index contributed by atoms with van der Waals surface area (Å²) in [6.07, 6.45) is -1.05. The molecule has 0 bridgehead atoms. The van der Waals surface area contributed by atoms with E-state index < -0.39 is 12.8 Å². The highest BCUT2D eigenvalue weighted by Gasteiger charge is 2.28. The minimum Gasteiger partial charge on any atom is -0.484 e. The zero-order chi connectivity index (χ0) is 18.6. The van der Waals surface area contributed by atoms with Crippen molar-refractivity contribution >= 4 is 35.6 Å². The third-order valence-electron chi connectivity index (χ3n) is 4.15. The Balaban J connectivity index is 0.00000261. The number of guanidine groups is 1. The number of anilines is 1. The van der Waals surface area contributed by atoms with E-state index in [1.807, 2.05) is 6.07 Å². The fraction of sp³-hybridized carbons (Fsp3) is 0.316. The SMILES string of the molecule is I.NC(=NCc1ccccc1OCC(F)(F)F)Nc1ccc2c(c1)CCC2. The van der Waals surface area contributed by atoms with Crippen LogP contribution in [0.15, 0.2) is 47.5 Å². The Morgan fingerprint density at radius 3 is 2.63 bits per heavy atom. The fourth-order valence-electron chi connectivity index (χ4n) is 2.94. The number of nitrogens with two attached hydrogens (primary N) is 1. The molecule has 0 saturated carbocycles. The second-order valence-electron chi connectivity index (χ2n) is 6.18. The number of ether oxygens (including phenoxy) is 1. The molecule has 2 aromatic carbocycles. The average Bonchev–Trinajstić information content (AvgIpc) is 3.06. The Kier molecular flexibility index (Phi) is 7.34. The summed E-state index contributed by atoms with van der Waals surface area (Å²) in [5, 5.41) is 3.02. The monoisotopic (exact) mass is 491 g/mol. The van der Waals surface area contributed by atoms with Gasteiger partial charge < -0.3 is 15.8 Å². The predicted molar refractivity (Wildman–Crippen MR) is 111 cm³/mol. The molecule has 3 rings (SSSR count). The van der Waals surface area contributed by atoms with E-state index in [0.29, 0.717) is 5.56 Å². The molecule has 0 aromatic heterocycles. The highest BCUT2D eigenvalue weighted by atomic mass is 127. The average molecular weight is 491 g/mol. The lowest BCUT2D eigenvalue weighted by atomic mass is 10.1. The van der Waals surface area contributed by atoms with Crippen molar-refractivity contribution in [2.45, 2.75) is 32.0 Å². The lowest BCUT2D eigenvalue weighted by Gasteiger charge is -2.12. The lowest BCUT2D eigenvalue weighted by Crippen LogP contribution is -2.23. The topological polar surface area (TPSA) is 59.6 Å². The van der Waals surface area contributed by atoms with E-state index in [2.05, 4.69) is 22.4 Å². The van der Waals surface area contributed by atoms with Gasteiger partial charge in [0.1, 0.15) is 5.75 Å². The number of hydrogen-bond donors (Lipinski definition) is 2. The molecule has 1 aliphatic carbocycles. The quantitative estimate of drug-likeness (QED) is 0.364. The van der Waals surface area contributed by atoms with Crippen molar-refractivity contribution in [1.82, 2.24) is 0 Å². The Morgan fingerprint density at radius 1 is 1.11 bits per heavy atom. The van der Waals surface area contributed by atoms with Gasteiger partial charge in [0.2, 0.25) is 0 Å². The van der Waals surface area contributed by atoms with E-state index >= 15 is 0 Å². The maximum Gasteiger partial charge on any atom is 0.422 e. The number of para-hydroxylation sites is 1. The molecule has 0 aliphatic heterocycles. The third-order valence-corrected chi connectivity index (χ3v) is 4.15. The van der Waals surface area contributed by atoms with Gasteiger partial charge in [-0.3, -0.25) is 0 Å². The first kappa shape index (κ1) is 21.3. The van der Waals surface area contributed by atoms with Gasteiger partial charge in [-0.1, -0.05) is 24.3 Å². The summed E-state index contributed by atoms with van der Waals surface area (Å²) in [4.78, 5) is 4.21. The summed E-state index contributed by atoms with van der Waals surface area (Å²) in [6.45, 7) is -1.21. The molecular formula is C19H21F3IN3O. The normalized spacial score (nSPS) is 13.7. The van der Waals surface area contributed by atoms with Crippen LogP contribution in [0.25, 0.3) is 0 Å². The number of benzene rings is 2. The molecule has 146 valence electrons. The fourth-order valence-corrected chi connectivity index (χ4v) is 2.94. The van der Waals surface area contributed by atoms with Crippen molar-refractivity contribution in [2.75, 3.05) is 11.9 Å². The molecule has 2 aromatic rings. The maximum absolute atomic E-state index is 12.3. The van der Waals surface area contributed by atoms with Crippen molar-refractivity contribution in [3.05, 3.63) is 59.2 Å². The summed E-state index contributed by atoms with van der Waals surface area (Å²) < 4.78 is 41.9. The number of hydrogen-bond acceptors (Lipinski definition) is 2. The second kappa shape index (κ2) is 9.29. The molecule has 0 unspecified atom stereocenters. The van der Waals surface area contributed by atoms with Crippen LogP contribution in [0.1, 0.15) is 23.1 Å². The van der Waals surface area contributed by atoms with Crippen LogP contribution in [-0.4, -0.2) is 18.7 Å². The molecule has 0 fully saturated rings. The van der Waals surface area contributed by atoms with Gasteiger partial charge in [-0.05, 0) is 48.6 Å². The van der Waals surface area contributed by atoms with Crippen molar-refractivity contribution in [1.29, 1.82) is 0 Å². The van der Waals surface area contributed by atoms with Crippen LogP contribution in [0.2, 0.25) is 0 Å². The predicted octanol–water partition coefficient (Wildman–Crippen LogP) is 4.66. The molecule has 0 saturated heterocycles. The van der Waals surface area contributed by atoms with E-state index in [1.54, 1.807) is 18.2 Å². The third kappa shape index (κ3) is 6.30. The van der Waals surface area contributed by atoms with Gasteiger partial charge in [0.05, 0.1) is 6.54 Å². The molecule has 0 radical (unpaired) electrons. The first-order chi connectivity index (χ1) is 12.4. The van der Waals surface area contributed by atoms with Crippen LogP contribution in [-0.2, 0) is 19.4 Å². The van der Waals surface area contributed by atoms with Crippen LogP contribution < -0.4 is 15.8 Å². The number of aliphatic imine (C=N–C) groups is 1. The number of nitrogens with one attached hydrogen (secondary N) is 1. The zero-order valence-electron chi connectivity index (χ0n) is 14.6. The lowest BCUT2D eigenvalue weighted by molar-refractivity contribution is -0.153. The van der Waals surface area contributed by atoms with Gasteiger partial charge in [-0.25, -0.2) is 4.99 Å². The van der Waals surface area contributed by atoms with Gasteiger partial charge in [0.25, 0.3) is 0 Å². The van der Waals surface area contributed by atoms with Crippen molar-refractivity contribution in [3.8, 4) is 5.75 Å². The molecule has 27 heavy (non-hydrogen) atoms. The zero-order valence-corrected chi connectivity index (χ0v) is 16.9. The summed E-state index contributed by atoms with van der Waals surface area (Å²) >= 11 is 0. The highest BCUT2D eigenvalue weighted by Crippen LogP contribution is 2.25. The molecular weight excluding hydrogens is 470 g/mol. The van der Waals surface area contributed by atoms with E-state index in [4.69, 9.17) is 10.5 Å². The van der Waals surface area contributed by atoms with Crippen LogP contribution in [0.3, 0.4) is 0 Å². The summed E-state index contributed by atoms with van der Waals surface area (Å²) in [7, 11) is 0. The summed E-state index contributed by atoms with van der Waals surface area (Å²) in [6, 6.07) is 12.6. The van der Waals surface area contributed by atoms with Gasteiger partial charge in [-0.15, -0.1) is 24.0 Å². The molecule has 3 N–H and O–H groups in total. The number of alkyl halides is 3. The first-order valence-corrected chi connectivity index (χ1v) is 8.37. The van der Waals surface area contributed by atoms with Crippen molar-refractivity contribution in [3.63, 3.8) is 0 Å². The van der Waals surface area contributed by atoms with Crippen LogP contribution in [0, 0.1) is 0 Å². The molecule has 8 heteroatoms. The Morgan fingerprint density at radius 2 is 1.85 bits per heavy atom. The van der Waals surface area contributed by atoms with E-state index in [1.165, 1.54) is 17.2 Å². The smallest absolute Gasteiger partial charge is 0.422 e. The highest BCUT2D eigenvalue weighted by molar-refractivity contribution is 14.0. The van der Waals surface area contributed by atoms with E-state index in [0.717, 1.165) is 24.9 Å². The van der Waals surface area contributed by atoms with Gasteiger partial charge >= 0.3 is 6.18 Å². The molecule has 0 amide bonds. The summed E-state index contributed by atoms with van der Waals surface area (Å²) in [5.41, 5.74) is 9.98. The van der Waals surface area contributed by atoms with Crippen molar-refractivity contribution < 1.29 is 17.9 Å². The Hall–Kier alpha value is -1.97. The van der Waals surface area contributed by atoms with Gasteiger partial charge in [-0.2, -0.15) is 13.2 Å². The van der Waals surface area contributed by atoms with Gasteiger partial charge in [0.15, 0.2) is 12.6 Å². The largest absolute Gasteiger partial charge is 0.484 e. The number of aryl methyl sites for hydroxylation is 2. The molecule has 0 heterocycles. The number of rotatable bonds is 5. The number of fused-ring (bicyclic) bond motifs is 1. The Labute approximate surface area is 173 Å². The molecule has 1 aliphatic rings. The maximum atomic E-state index is 12.3. The van der Waals surface area contributed by atoms with Crippen molar-refractivity contribution in [2.24, 2.45) is 10.7 Å². The number of halogens is 4. The Bertz CT molecular complexity index is 809. The molecule has 0 atom stereocenters. The van der Waals surface area contributed by atoms with E-state index in [9.17, 15) is 13.2 Å². The minimum absolute atomic E-state index is 0. The number of nitrogens with zero attached hydrogens (tertiary/aromatic N) is 1. The van der Waals surface area contributed by atoms with Crippen LogP contribution in [0.4, 0.5) is 18.9 Å². The van der Waals surface area contributed by atoms with Gasteiger partial charge in [0, 0.05) is 11.3 Å². The van der Waals surface area contributed by atoms with Crippen LogP contribution >= 0.6 is 24.0 Å². The van der Waals surface area contributed by atoms with Crippen LogP contribution in [0.5, 0.6) is 5.75 Å². The minimum atomic E-state index is -4.38. The second-order valence-corrected chi connectivity index (χ2v) is 6.18. The standard InChI is InChI=1S/C19H20F3N3O.HI/c20-19(21,22)12-26-17-7-2-1-4-15(17)11-24-18(23)25-16-9-8-13-5-3-6-14(13)10-16;/h1-2,4,7-10H,3,5-6,11-12H2,(H3,23,24,25);1H. The molecule has 0 spiro atoms. The summed E-state index contributed by atoms with van der Waals surface area (Å²) in [5.74, 6) is 0.354. The molecule has 4 nitrogen and oxygen atoms in total. The first-order valence-electron chi connectivity index (χ1n) is 8.37.